The molecule has 74 valence electrons. The standard InChI is InChI=1S/C9H10N2O3/c10-9(14)8(11-5-12)6-1-3-7(13)4-2-6/h1-5,8,13H,(H2,10,14)(H,11,12). The van der Waals surface area contributed by atoms with Crippen molar-refractivity contribution in [2.75, 3.05) is 0 Å². The lowest BCUT2D eigenvalue weighted by atomic mass is 10.1. The minimum Gasteiger partial charge on any atom is -0.508 e. The molecular weight excluding hydrogens is 184 g/mol. The molecule has 0 spiro atoms. The number of rotatable bonds is 4. The van der Waals surface area contributed by atoms with E-state index in [-0.39, 0.29) is 5.75 Å². The third-order valence-corrected chi connectivity index (χ3v) is 1.75. The number of aromatic hydroxyl groups is 1. The van der Waals surface area contributed by atoms with Crippen LogP contribution in [0.25, 0.3) is 0 Å². The Bertz CT molecular complexity index is 334. The van der Waals surface area contributed by atoms with Crippen LogP contribution in [0.4, 0.5) is 0 Å². The summed E-state index contributed by atoms with van der Waals surface area (Å²) < 4.78 is 0. The molecule has 0 radical (unpaired) electrons. The van der Waals surface area contributed by atoms with E-state index in [1.54, 1.807) is 0 Å². The van der Waals surface area contributed by atoms with Gasteiger partial charge in [-0.1, -0.05) is 12.1 Å². The van der Waals surface area contributed by atoms with Crippen molar-refractivity contribution in [1.82, 2.24) is 5.32 Å². The first kappa shape index (κ1) is 10.0. The number of nitrogens with one attached hydrogen (secondary N) is 1. The average Bonchev–Trinajstić information content (AvgIpc) is 2.15. The number of phenols is 1. The molecule has 0 bridgehead atoms. The largest absolute Gasteiger partial charge is 0.508 e. The number of amides is 2. The second-order valence-electron chi connectivity index (χ2n) is 2.71. The number of primary amides is 1. The molecule has 4 N–H and O–H groups in total. The van der Waals surface area contributed by atoms with Gasteiger partial charge in [0, 0.05) is 0 Å². The molecule has 14 heavy (non-hydrogen) atoms. The van der Waals surface area contributed by atoms with Gasteiger partial charge < -0.3 is 16.2 Å². The molecule has 0 aliphatic heterocycles. The zero-order valence-electron chi connectivity index (χ0n) is 7.31. The molecule has 5 nitrogen and oxygen atoms in total. The summed E-state index contributed by atoms with van der Waals surface area (Å²) in [6, 6.07) is 5.01. The van der Waals surface area contributed by atoms with E-state index in [1.807, 2.05) is 0 Å². The van der Waals surface area contributed by atoms with Gasteiger partial charge in [0.2, 0.25) is 12.3 Å². The number of phenolic OH excluding ortho intramolecular Hbond substituents is 1. The van der Waals surface area contributed by atoms with E-state index < -0.39 is 11.9 Å². The lowest BCUT2D eigenvalue weighted by molar-refractivity contribution is -0.122. The number of carbonyl (C=O) groups excluding carboxylic acids is 2. The average molecular weight is 194 g/mol. The Morgan fingerprint density at radius 2 is 2.00 bits per heavy atom. The van der Waals surface area contributed by atoms with Crippen molar-refractivity contribution >= 4 is 12.3 Å². The van der Waals surface area contributed by atoms with Crippen LogP contribution in [0.15, 0.2) is 24.3 Å². The Hall–Kier alpha value is -2.04. The molecule has 1 aromatic rings. The first-order valence-electron chi connectivity index (χ1n) is 3.93. The molecule has 0 fully saturated rings. The number of hydrogen-bond donors (Lipinski definition) is 3. The van der Waals surface area contributed by atoms with Gasteiger partial charge in [0.25, 0.3) is 0 Å². The molecule has 1 unspecified atom stereocenters. The summed E-state index contributed by atoms with van der Waals surface area (Å²) in [4.78, 5) is 21.1. The molecule has 0 aromatic heterocycles. The van der Waals surface area contributed by atoms with Gasteiger partial charge in [-0.3, -0.25) is 9.59 Å². The van der Waals surface area contributed by atoms with Crippen LogP contribution in [-0.4, -0.2) is 17.4 Å². The van der Waals surface area contributed by atoms with Gasteiger partial charge in [0.1, 0.15) is 11.8 Å². The Labute approximate surface area is 80.5 Å². The SMILES string of the molecule is NC(=O)C(NC=O)c1ccc(O)cc1. The summed E-state index contributed by atoms with van der Waals surface area (Å²) in [6.07, 6.45) is 0.405. The van der Waals surface area contributed by atoms with Crippen molar-refractivity contribution in [3.63, 3.8) is 0 Å². The summed E-state index contributed by atoms with van der Waals surface area (Å²) in [5.41, 5.74) is 5.60. The Morgan fingerprint density at radius 3 is 2.43 bits per heavy atom. The van der Waals surface area contributed by atoms with Crippen LogP contribution >= 0.6 is 0 Å². The molecule has 0 aliphatic rings. The lowest BCUT2D eigenvalue weighted by Gasteiger charge is -2.11. The monoisotopic (exact) mass is 194 g/mol. The summed E-state index contributed by atoms with van der Waals surface area (Å²) in [5, 5.41) is 11.3. The Morgan fingerprint density at radius 1 is 1.43 bits per heavy atom. The minimum atomic E-state index is -0.854. The van der Waals surface area contributed by atoms with Gasteiger partial charge >= 0.3 is 0 Å². The highest BCUT2D eigenvalue weighted by atomic mass is 16.3. The highest BCUT2D eigenvalue weighted by molar-refractivity contribution is 5.83. The van der Waals surface area contributed by atoms with Crippen molar-refractivity contribution in [2.45, 2.75) is 6.04 Å². The molecule has 0 saturated carbocycles. The van der Waals surface area contributed by atoms with Gasteiger partial charge in [-0.15, -0.1) is 0 Å². The summed E-state index contributed by atoms with van der Waals surface area (Å²) in [7, 11) is 0. The third kappa shape index (κ3) is 2.22. The van der Waals surface area contributed by atoms with E-state index in [1.165, 1.54) is 24.3 Å². The zero-order valence-corrected chi connectivity index (χ0v) is 7.31. The summed E-state index contributed by atoms with van der Waals surface area (Å²) >= 11 is 0. The fourth-order valence-electron chi connectivity index (χ4n) is 1.08. The van der Waals surface area contributed by atoms with E-state index >= 15 is 0 Å². The maximum atomic E-state index is 10.9. The van der Waals surface area contributed by atoms with E-state index in [0.717, 1.165) is 0 Å². The molecule has 2 amide bonds. The van der Waals surface area contributed by atoms with E-state index in [0.29, 0.717) is 12.0 Å². The van der Waals surface area contributed by atoms with Crippen LogP contribution in [-0.2, 0) is 9.59 Å². The van der Waals surface area contributed by atoms with Crippen LogP contribution in [0, 0.1) is 0 Å². The number of hydrogen-bond acceptors (Lipinski definition) is 3. The van der Waals surface area contributed by atoms with Crippen molar-refractivity contribution in [1.29, 1.82) is 0 Å². The molecule has 1 aromatic carbocycles. The number of benzene rings is 1. The van der Waals surface area contributed by atoms with Crippen LogP contribution in [0.3, 0.4) is 0 Å². The Kier molecular flexibility index (Phi) is 3.06. The second-order valence-corrected chi connectivity index (χ2v) is 2.71. The van der Waals surface area contributed by atoms with Gasteiger partial charge in [-0.25, -0.2) is 0 Å². The summed E-state index contributed by atoms with van der Waals surface area (Å²) in [6.45, 7) is 0. The highest BCUT2D eigenvalue weighted by Crippen LogP contribution is 2.15. The third-order valence-electron chi connectivity index (χ3n) is 1.75. The quantitative estimate of drug-likeness (QED) is 0.573. The predicted molar refractivity (Wildman–Crippen MR) is 49.2 cm³/mol. The summed E-state index contributed by atoms with van der Waals surface area (Å²) in [5.74, 6) is -0.564. The minimum absolute atomic E-state index is 0.0862. The molecule has 1 rings (SSSR count). The fourth-order valence-corrected chi connectivity index (χ4v) is 1.08. The van der Waals surface area contributed by atoms with Crippen molar-refractivity contribution < 1.29 is 14.7 Å². The van der Waals surface area contributed by atoms with Gasteiger partial charge in [0.05, 0.1) is 0 Å². The Balaban J connectivity index is 2.93. The van der Waals surface area contributed by atoms with E-state index in [2.05, 4.69) is 5.32 Å². The van der Waals surface area contributed by atoms with E-state index in [4.69, 9.17) is 10.8 Å². The maximum absolute atomic E-state index is 10.9. The van der Waals surface area contributed by atoms with Gasteiger partial charge in [-0.2, -0.15) is 0 Å². The molecule has 0 saturated heterocycles. The van der Waals surface area contributed by atoms with Crippen LogP contribution < -0.4 is 11.1 Å². The van der Waals surface area contributed by atoms with Crippen molar-refractivity contribution in [2.24, 2.45) is 5.73 Å². The normalized spacial score (nSPS) is 11.7. The van der Waals surface area contributed by atoms with Crippen LogP contribution in [0.5, 0.6) is 5.75 Å². The first-order valence-corrected chi connectivity index (χ1v) is 3.93. The van der Waals surface area contributed by atoms with Crippen LogP contribution in [0.1, 0.15) is 11.6 Å². The van der Waals surface area contributed by atoms with Gasteiger partial charge in [-0.05, 0) is 17.7 Å². The van der Waals surface area contributed by atoms with Crippen molar-refractivity contribution in [3.05, 3.63) is 29.8 Å². The fraction of sp³-hybridized carbons (Fsp3) is 0.111. The first-order chi connectivity index (χ1) is 6.65. The smallest absolute Gasteiger partial charge is 0.244 e. The number of carbonyl (C=O) groups is 2. The second kappa shape index (κ2) is 4.27. The molecule has 0 heterocycles. The van der Waals surface area contributed by atoms with Crippen LogP contribution in [0.2, 0.25) is 0 Å². The highest BCUT2D eigenvalue weighted by Gasteiger charge is 2.15. The molecule has 5 heteroatoms. The van der Waals surface area contributed by atoms with Crippen molar-refractivity contribution in [3.8, 4) is 5.75 Å². The molecular formula is C9H10N2O3. The number of nitrogens with two attached hydrogens (primary N) is 1. The topological polar surface area (TPSA) is 92.4 Å². The molecule has 0 aliphatic carbocycles. The van der Waals surface area contributed by atoms with E-state index in [9.17, 15) is 9.59 Å². The zero-order chi connectivity index (χ0) is 10.6. The maximum Gasteiger partial charge on any atom is 0.244 e. The lowest BCUT2D eigenvalue weighted by Crippen LogP contribution is -2.32. The predicted octanol–water partition coefficient (Wildman–Crippen LogP) is -0.335. The van der Waals surface area contributed by atoms with Gasteiger partial charge in [0.15, 0.2) is 0 Å². The molecule has 1 atom stereocenters.